The zero-order chi connectivity index (χ0) is 16.4. The van der Waals surface area contributed by atoms with Crippen molar-refractivity contribution in [2.75, 3.05) is 11.9 Å². The summed E-state index contributed by atoms with van der Waals surface area (Å²) in [5, 5.41) is 4.71. The lowest BCUT2D eigenvalue weighted by Gasteiger charge is -2.16. The summed E-state index contributed by atoms with van der Waals surface area (Å²) >= 11 is 6.13. The third-order valence-corrected chi connectivity index (χ3v) is 3.75. The van der Waals surface area contributed by atoms with Crippen LogP contribution in [0, 0.1) is 5.82 Å². The highest BCUT2D eigenvalue weighted by molar-refractivity contribution is 6.32. The van der Waals surface area contributed by atoms with Gasteiger partial charge >= 0.3 is 0 Å². The second kappa shape index (κ2) is 6.22. The molecule has 1 amide bonds. The highest BCUT2D eigenvalue weighted by Crippen LogP contribution is 2.21. The molecule has 3 rings (SSSR count). The summed E-state index contributed by atoms with van der Waals surface area (Å²) in [4.78, 5) is 13.9. The maximum atomic E-state index is 13.3. The lowest BCUT2D eigenvalue weighted by Crippen LogP contribution is -2.25. The lowest BCUT2D eigenvalue weighted by molar-refractivity contribution is 0.0993. The third-order valence-electron chi connectivity index (χ3n) is 3.43. The molecule has 0 bridgehead atoms. The molecule has 4 nitrogen and oxygen atoms in total. The van der Waals surface area contributed by atoms with Crippen molar-refractivity contribution in [3.63, 3.8) is 0 Å². The lowest BCUT2D eigenvalue weighted by atomic mass is 10.2. The highest BCUT2D eigenvalue weighted by atomic mass is 35.5. The van der Waals surface area contributed by atoms with Crippen LogP contribution >= 0.6 is 11.6 Å². The number of hydrogen-bond acceptors (Lipinski definition) is 2. The molecular weight excluding hydrogens is 317 g/mol. The van der Waals surface area contributed by atoms with Crippen molar-refractivity contribution in [2.45, 2.75) is 0 Å². The summed E-state index contributed by atoms with van der Waals surface area (Å²) in [5.74, 6) is -0.678. The first-order valence-corrected chi connectivity index (χ1v) is 7.27. The van der Waals surface area contributed by atoms with Crippen molar-refractivity contribution >= 4 is 23.2 Å². The van der Waals surface area contributed by atoms with E-state index < -0.39 is 5.82 Å². The van der Waals surface area contributed by atoms with Crippen LogP contribution in [0.15, 0.2) is 60.9 Å². The van der Waals surface area contributed by atoms with Crippen LogP contribution in [-0.2, 0) is 0 Å². The van der Waals surface area contributed by atoms with E-state index in [4.69, 9.17) is 11.6 Å². The fraction of sp³-hybridized carbons (Fsp3) is 0.0588. The number of halogens is 2. The SMILES string of the molecule is CN(C(=O)c1cnn(-c2ccccc2Cl)c1)c1cccc(F)c1. The Bertz CT molecular complexity index is 862. The predicted octanol–water partition coefficient (Wildman–Crippen LogP) is 3.94. The summed E-state index contributed by atoms with van der Waals surface area (Å²) < 4.78 is 14.8. The van der Waals surface area contributed by atoms with Crippen LogP contribution in [0.5, 0.6) is 0 Å². The van der Waals surface area contributed by atoms with Gasteiger partial charge in [0.25, 0.3) is 5.91 Å². The van der Waals surface area contributed by atoms with Gasteiger partial charge in [-0.05, 0) is 30.3 Å². The van der Waals surface area contributed by atoms with Crippen molar-refractivity contribution in [1.29, 1.82) is 0 Å². The second-order valence-corrected chi connectivity index (χ2v) is 5.38. The van der Waals surface area contributed by atoms with Crippen molar-refractivity contribution < 1.29 is 9.18 Å². The van der Waals surface area contributed by atoms with Crippen molar-refractivity contribution in [3.05, 3.63) is 77.3 Å². The number of hydrogen-bond donors (Lipinski definition) is 0. The minimum atomic E-state index is -0.395. The molecule has 1 aromatic heterocycles. The van der Waals surface area contributed by atoms with Crippen LogP contribution in [0.2, 0.25) is 5.02 Å². The third kappa shape index (κ3) is 3.10. The molecule has 3 aromatic rings. The number of carbonyl (C=O) groups is 1. The zero-order valence-electron chi connectivity index (χ0n) is 12.3. The molecule has 116 valence electrons. The molecule has 23 heavy (non-hydrogen) atoms. The van der Waals surface area contributed by atoms with E-state index in [0.29, 0.717) is 22.0 Å². The molecule has 1 heterocycles. The first-order valence-electron chi connectivity index (χ1n) is 6.89. The molecule has 0 atom stereocenters. The Balaban J connectivity index is 1.88. The smallest absolute Gasteiger partial charge is 0.261 e. The van der Waals surface area contributed by atoms with Crippen molar-refractivity contribution in [2.24, 2.45) is 0 Å². The van der Waals surface area contributed by atoms with E-state index in [2.05, 4.69) is 5.10 Å². The number of benzene rings is 2. The van der Waals surface area contributed by atoms with E-state index in [9.17, 15) is 9.18 Å². The monoisotopic (exact) mass is 329 g/mol. The largest absolute Gasteiger partial charge is 0.311 e. The highest BCUT2D eigenvalue weighted by Gasteiger charge is 2.16. The van der Waals surface area contributed by atoms with Gasteiger partial charge in [0, 0.05) is 18.9 Å². The van der Waals surface area contributed by atoms with E-state index in [1.165, 1.54) is 27.9 Å². The summed E-state index contributed by atoms with van der Waals surface area (Å²) in [5.41, 5.74) is 1.54. The van der Waals surface area contributed by atoms with Gasteiger partial charge in [-0.1, -0.05) is 29.8 Å². The van der Waals surface area contributed by atoms with Gasteiger partial charge < -0.3 is 4.90 Å². The summed E-state index contributed by atoms with van der Waals surface area (Å²) in [6.07, 6.45) is 3.06. The number of rotatable bonds is 3. The number of para-hydroxylation sites is 1. The van der Waals surface area contributed by atoms with Crippen LogP contribution in [0.4, 0.5) is 10.1 Å². The fourth-order valence-electron chi connectivity index (χ4n) is 2.20. The van der Waals surface area contributed by atoms with Crippen LogP contribution < -0.4 is 4.90 Å². The molecule has 2 aromatic carbocycles. The normalized spacial score (nSPS) is 10.6. The number of nitrogens with zero attached hydrogens (tertiary/aromatic N) is 3. The Labute approximate surface area is 137 Å². The van der Waals surface area contributed by atoms with Gasteiger partial charge in [0.15, 0.2) is 0 Å². The molecule has 0 unspecified atom stereocenters. The van der Waals surface area contributed by atoms with E-state index in [0.717, 1.165) is 0 Å². The molecule has 0 aliphatic carbocycles. The van der Waals surface area contributed by atoms with Crippen LogP contribution in [0.25, 0.3) is 5.69 Å². The molecular formula is C17H13ClFN3O. The molecule has 0 radical (unpaired) electrons. The average molecular weight is 330 g/mol. The molecule has 0 aliphatic rings. The van der Waals surface area contributed by atoms with E-state index in [1.807, 2.05) is 12.1 Å². The molecule has 0 N–H and O–H groups in total. The van der Waals surface area contributed by atoms with Crippen molar-refractivity contribution in [3.8, 4) is 5.69 Å². The van der Waals surface area contributed by atoms with E-state index in [-0.39, 0.29) is 5.91 Å². The van der Waals surface area contributed by atoms with E-state index >= 15 is 0 Å². The summed E-state index contributed by atoms with van der Waals surface area (Å²) in [6, 6.07) is 13.1. The number of carbonyl (C=O) groups excluding carboxylic acids is 1. The maximum absolute atomic E-state index is 13.3. The topological polar surface area (TPSA) is 38.1 Å². The predicted molar refractivity (Wildman–Crippen MR) is 87.7 cm³/mol. The Morgan fingerprint density at radius 2 is 2.00 bits per heavy atom. The minimum Gasteiger partial charge on any atom is -0.311 e. The number of anilines is 1. The fourth-order valence-corrected chi connectivity index (χ4v) is 2.42. The Morgan fingerprint density at radius 1 is 1.22 bits per heavy atom. The molecule has 0 aliphatic heterocycles. The van der Waals surface area contributed by atoms with Crippen LogP contribution in [0.3, 0.4) is 0 Å². The Kier molecular flexibility index (Phi) is 4.12. The minimum absolute atomic E-state index is 0.283. The van der Waals surface area contributed by atoms with E-state index in [1.54, 1.807) is 37.5 Å². The number of aromatic nitrogens is 2. The van der Waals surface area contributed by atoms with Crippen LogP contribution in [-0.4, -0.2) is 22.7 Å². The first-order chi connectivity index (χ1) is 11.1. The van der Waals surface area contributed by atoms with Gasteiger partial charge in [-0.3, -0.25) is 4.79 Å². The van der Waals surface area contributed by atoms with Gasteiger partial charge in [-0.2, -0.15) is 5.10 Å². The van der Waals surface area contributed by atoms with Gasteiger partial charge in [0.05, 0.1) is 22.5 Å². The van der Waals surface area contributed by atoms with Gasteiger partial charge in [0.1, 0.15) is 5.82 Å². The summed E-state index contributed by atoms with van der Waals surface area (Å²) in [7, 11) is 1.59. The Morgan fingerprint density at radius 3 is 2.74 bits per heavy atom. The maximum Gasteiger partial charge on any atom is 0.261 e. The average Bonchev–Trinajstić information content (AvgIpc) is 3.03. The molecule has 0 spiro atoms. The van der Waals surface area contributed by atoms with Gasteiger partial charge in [-0.15, -0.1) is 0 Å². The quantitative estimate of drug-likeness (QED) is 0.730. The Hall–Kier alpha value is -2.66. The number of amides is 1. The van der Waals surface area contributed by atoms with Gasteiger partial charge in [-0.25, -0.2) is 9.07 Å². The first kappa shape index (κ1) is 15.2. The molecule has 0 fully saturated rings. The second-order valence-electron chi connectivity index (χ2n) is 4.97. The molecule has 0 saturated carbocycles. The van der Waals surface area contributed by atoms with Gasteiger partial charge in [0.2, 0.25) is 0 Å². The molecule has 6 heteroatoms. The van der Waals surface area contributed by atoms with Crippen LogP contribution in [0.1, 0.15) is 10.4 Å². The van der Waals surface area contributed by atoms with Crippen molar-refractivity contribution in [1.82, 2.24) is 9.78 Å². The molecule has 0 saturated heterocycles. The standard InChI is InChI=1S/C17H13ClFN3O/c1-21(14-6-4-5-13(19)9-14)17(23)12-10-20-22(11-12)16-8-3-2-7-15(16)18/h2-11H,1H3. The zero-order valence-corrected chi connectivity index (χ0v) is 13.0. The summed E-state index contributed by atoms with van der Waals surface area (Å²) in [6.45, 7) is 0.